The van der Waals surface area contributed by atoms with Crippen molar-refractivity contribution in [1.82, 2.24) is 0 Å². The topological polar surface area (TPSA) is 93.2 Å². The number of carbonyl (C=O) groups is 1. The van der Waals surface area contributed by atoms with Gasteiger partial charge in [-0.2, -0.15) is 5.26 Å². The highest BCUT2D eigenvalue weighted by Crippen LogP contribution is 2.26. The summed E-state index contributed by atoms with van der Waals surface area (Å²) in [5, 5.41) is 19.9. The summed E-state index contributed by atoms with van der Waals surface area (Å²) in [4.78, 5) is 21.5. The van der Waals surface area contributed by atoms with Crippen LogP contribution in [0.4, 0.5) is 5.69 Å². The highest BCUT2D eigenvalue weighted by atomic mass is 16.6. The molecule has 0 bridgehead atoms. The first kappa shape index (κ1) is 13.6. The number of nitrogens with zero attached hydrogens (tertiary/aromatic N) is 2. The fourth-order valence-electron chi connectivity index (χ4n) is 1.73. The Morgan fingerprint density at radius 3 is 2.67 bits per heavy atom. The van der Waals surface area contributed by atoms with Crippen molar-refractivity contribution in [3.05, 3.63) is 38.9 Å². The Balaban J connectivity index is 3.36. The van der Waals surface area contributed by atoms with E-state index in [-0.39, 0.29) is 17.7 Å². The van der Waals surface area contributed by atoms with E-state index in [9.17, 15) is 14.9 Å². The number of rotatable bonds is 4. The molecule has 0 saturated carbocycles. The number of esters is 1. The van der Waals surface area contributed by atoms with Gasteiger partial charge in [0.2, 0.25) is 0 Å². The fraction of sp³-hybridized carbons (Fsp3) is 0.333. The second kappa shape index (κ2) is 5.77. The van der Waals surface area contributed by atoms with Gasteiger partial charge in [0, 0.05) is 11.6 Å². The zero-order chi connectivity index (χ0) is 13.7. The summed E-state index contributed by atoms with van der Waals surface area (Å²) in [7, 11) is 1.25. The highest BCUT2D eigenvalue weighted by Gasteiger charge is 2.20. The molecule has 0 spiro atoms. The first-order chi connectivity index (χ1) is 8.54. The Bertz CT molecular complexity index is 532. The number of hydrogen-bond donors (Lipinski definition) is 0. The number of ether oxygens (including phenoxy) is 1. The van der Waals surface area contributed by atoms with Gasteiger partial charge >= 0.3 is 5.97 Å². The van der Waals surface area contributed by atoms with Crippen LogP contribution in [0.15, 0.2) is 12.1 Å². The zero-order valence-electron chi connectivity index (χ0n) is 10.1. The van der Waals surface area contributed by atoms with Gasteiger partial charge in [-0.3, -0.25) is 14.9 Å². The first-order valence-electron chi connectivity index (χ1n) is 5.31. The minimum absolute atomic E-state index is 0.0651. The number of methoxy groups -OCH3 is 1. The molecule has 0 aliphatic rings. The Labute approximate surface area is 104 Å². The number of nitriles is 1. The van der Waals surface area contributed by atoms with Crippen LogP contribution < -0.4 is 0 Å². The smallest absolute Gasteiger partial charge is 0.310 e. The predicted octanol–water partition coefficient (Wildman–Crippen LogP) is 1.74. The lowest BCUT2D eigenvalue weighted by Crippen LogP contribution is -2.08. The zero-order valence-corrected chi connectivity index (χ0v) is 10.1. The molecule has 0 radical (unpaired) electrons. The van der Waals surface area contributed by atoms with E-state index >= 15 is 0 Å². The van der Waals surface area contributed by atoms with E-state index in [1.165, 1.54) is 19.2 Å². The molecule has 18 heavy (non-hydrogen) atoms. The number of benzene rings is 1. The van der Waals surface area contributed by atoms with E-state index in [0.717, 1.165) is 0 Å². The third-order valence-corrected chi connectivity index (χ3v) is 2.60. The maximum atomic E-state index is 11.2. The van der Waals surface area contributed by atoms with E-state index in [0.29, 0.717) is 17.5 Å². The molecule has 6 nitrogen and oxygen atoms in total. The standard InChI is InChI=1S/C12H12N2O4/c1-3-9-10(7-13)8(6-12(15)18-2)4-5-11(9)14(16)17/h4-5H,3,6H2,1-2H3. The first-order valence-corrected chi connectivity index (χ1v) is 5.31. The van der Waals surface area contributed by atoms with Gasteiger partial charge in [0.15, 0.2) is 0 Å². The summed E-state index contributed by atoms with van der Waals surface area (Å²) in [5.74, 6) is -0.484. The Morgan fingerprint density at radius 1 is 1.56 bits per heavy atom. The van der Waals surface area contributed by atoms with Crippen molar-refractivity contribution in [3.63, 3.8) is 0 Å². The molecule has 0 unspecified atom stereocenters. The molecule has 0 heterocycles. The van der Waals surface area contributed by atoms with Crippen molar-refractivity contribution < 1.29 is 14.5 Å². The van der Waals surface area contributed by atoms with Crippen molar-refractivity contribution in [2.45, 2.75) is 19.8 Å². The van der Waals surface area contributed by atoms with Crippen molar-refractivity contribution in [3.8, 4) is 6.07 Å². The largest absolute Gasteiger partial charge is 0.469 e. The van der Waals surface area contributed by atoms with Gasteiger partial charge in [0.05, 0.1) is 30.1 Å². The third kappa shape index (κ3) is 2.63. The highest BCUT2D eigenvalue weighted by molar-refractivity contribution is 5.74. The van der Waals surface area contributed by atoms with Crippen LogP contribution in [0.3, 0.4) is 0 Å². The maximum absolute atomic E-state index is 11.2. The molecule has 0 aliphatic heterocycles. The van der Waals surface area contributed by atoms with Crippen LogP contribution in [0.1, 0.15) is 23.6 Å². The van der Waals surface area contributed by atoms with Crippen molar-refractivity contribution >= 4 is 11.7 Å². The number of hydrogen-bond acceptors (Lipinski definition) is 5. The summed E-state index contributed by atoms with van der Waals surface area (Å²) in [6.45, 7) is 1.73. The molecule has 0 saturated heterocycles. The van der Waals surface area contributed by atoms with E-state index in [1.807, 2.05) is 6.07 Å². The molecular formula is C12H12N2O4. The van der Waals surface area contributed by atoms with Gasteiger partial charge in [0.25, 0.3) is 5.69 Å². The van der Waals surface area contributed by atoms with Gasteiger partial charge in [-0.25, -0.2) is 0 Å². The summed E-state index contributed by atoms with van der Waals surface area (Å²) in [5.41, 5.74) is 0.899. The number of carbonyl (C=O) groups excluding carboxylic acids is 1. The van der Waals surface area contributed by atoms with E-state index < -0.39 is 10.9 Å². The van der Waals surface area contributed by atoms with E-state index in [4.69, 9.17) is 5.26 Å². The van der Waals surface area contributed by atoms with Crippen LogP contribution in [-0.4, -0.2) is 18.0 Å². The lowest BCUT2D eigenvalue weighted by molar-refractivity contribution is -0.385. The summed E-state index contributed by atoms with van der Waals surface area (Å²) in [6, 6.07) is 4.67. The van der Waals surface area contributed by atoms with Crippen molar-refractivity contribution in [1.29, 1.82) is 5.26 Å². The molecule has 0 aromatic heterocycles. The monoisotopic (exact) mass is 248 g/mol. The van der Waals surface area contributed by atoms with Crippen LogP contribution in [0.5, 0.6) is 0 Å². The molecular weight excluding hydrogens is 236 g/mol. The average Bonchev–Trinajstić information content (AvgIpc) is 2.37. The van der Waals surface area contributed by atoms with Crippen LogP contribution in [-0.2, 0) is 22.4 Å². The van der Waals surface area contributed by atoms with E-state index in [1.54, 1.807) is 6.92 Å². The van der Waals surface area contributed by atoms with Crippen molar-refractivity contribution in [2.75, 3.05) is 7.11 Å². The normalized spacial score (nSPS) is 9.61. The maximum Gasteiger partial charge on any atom is 0.310 e. The van der Waals surface area contributed by atoms with Gasteiger partial charge < -0.3 is 4.74 Å². The fourth-order valence-corrected chi connectivity index (χ4v) is 1.73. The van der Waals surface area contributed by atoms with Crippen LogP contribution >= 0.6 is 0 Å². The molecule has 94 valence electrons. The lowest BCUT2D eigenvalue weighted by atomic mass is 9.96. The Hall–Kier alpha value is -2.42. The SMILES string of the molecule is CCc1c([N+](=O)[O-])ccc(CC(=O)OC)c1C#N. The molecule has 0 N–H and O–H groups in total. The summed E-state index contributed by atoms with van der Waals surface area (Å²) >= 11 is 0. The molecule has 1 aromatic carbocycles. The molecule has 0 fully saturated rings. The van der Waals surface area contributed by atoms with Crippen LogP contribution in [0, 0.1) is 21.4 Å². The van der Waals surface area contributed by atoms with Gasteiger partial charge in [-0.15, -0.1) is 0 Å². The second-order valence-corrected chi connectivity index (χ2v) is 3.57. The van der Waals surface area contributed by atoms with Gasteiger partial charge in [-0.05, 0) is 12.0 Å². The predicted molar refractivity (Wildman–Crippen MR) is 62.9 cm³/mol. The average molecular weight is 248 g/mol. The lowest BCUT2D eigenvalue weighted by Gasteiger charge is -2.07. The molecule has 0 atom stereocenters. The van der Waals surface area contributed by atoms with Crippen molar-refractivity contribution in [2.24, 2.45) is 0 Å². The Morgan fingerprint density at radius 2 is 2.22 bits per heavy atom. The Kier molecular flexibility index (Phi) is 4.38. The molecule has 1 rings (SSSR count). The summed E-state index contributed by atoms with van der Waals surface area (Å²) < 4.78 is 4.52. The van der Waals surface area contributed by atoms with Gasteiger partial charge in [-0.1, -0.05) is 13.0 Å². The quantitative estimate of drug-likeness (QED) is 0.459. The molecule has 0 aliphatic carbocycles. The third-order valence-electron chi connectivity index (χ3n) is 2.60. The number of nitro groups is 1. The minimum Gasteiger partial charge on any atom is -0.469 e. The molecule has 6 heteroatoms. The summed E-state index contributed by atoms with van der Waals surface area (Å²) in [6.07, 6.45) is 0.290. The molecule has 1 aromatic rings. The minimum atomic E-state index is -0.526. The second-order valence-electron chi connectivity index (χ2n) is 3.57. The molecule has 0 amide bonds. The van der Waals surface area contributed by atoms with Crippen LogP contribution in [0.2, 0.25) is 0 Å². The van der Waals surface area contributed by atoms with Gasteiger partial charge in [0.1, 0.15) is 0 Å². The van der Waals surface area contributed by atoms with Crippen LogP contribution in [0.25, 0.3) is 0 Å². The number of nitro benzene ring substituents is 1. The van der Waals surface area contributed by atoms with E-state index in [2.05, 4.69) is 4.74 Å².